The van der Waals surface area contributed by atoms with Crippen LogP contribution in [0.5, 0.6) is 6.01 Å². The molecule has 1 heterocycles. The third kappa shape index (κ3) is 6.19. The van der Waals surface area contributed by atoms with Crippen LogP contribution in [0.3, 0.4) is 0 Å². The summed E-state index contributed by atoms with van der Waals surface area (Å²) in [6.45, 7) is 6.19. The molecule has 1 aromatic rings. The number of nitrogens with one attached hydrogen (secondary N) is 2. The number of aromatic nitrogens is 3. The lowest BCUT2D eigenvalue weighted by Crippen LogP contribution is -2.12. The molecule has 0 amide bonds. The lowest BCUT2D eigenvalue weighted by atomic mass is 10.3. The van der Waals surface area contributed by atoms with Crippen molar-refractivity contribution < 1.29 is 9.84 Å². The summed E-state index contributed by atoms with van der Waals surface area (Å²) >= 11 is 0. The standard InChI is InChI=1S/C12H23N5O2/c1-3-7-13-10-15-11(14-8-5-6-9-18)17-12(16-10)19-4-2/h18H,3-9H2,1-2H3,(H2,13,14,15,16,17). The third-order valence-corrected chi connectivity index (χ3v) is 2.29. The highest BCUT2D eigenvalue weighted by atomic mass is 16.5. The molecule has 0 radical (unpaired) electrons. The Labute approximate surface area is 113 Å². The Bertz CT molecular complexity index is 362. The molecule has 0 spiro atoms. The number of aliphatic hydroxyl groups excluding tert-OH is 1. The average Bonchev–Trinajstić information content (AvgIpc) is 2.42. The molecule has 1 rings (SSSR count). The van der Waals surface area contributed by atoms with Crippen molar-refractivity contribution in [3.8, 4) is 6.01 Å². The molecule has 0 bridgehead atoms. The van der Waals surface area contributed by atoms with E-state index in [1.54, 1.807) is 0 Å². The predicted molar refractivity (Wildman–Crippen MR) is 74.6 cm³/mol. The largest absolute Gasteiger partial charge is 0.464 e. The molecule has 0 aliphatic heterocycles. The van der Waals surface area contributed by atoms with Crippen molar-refractivity contribution in [1.29, 1.82) is 0 Å². The Morgan fingerprint density at radius 1 is 1.00 bits per heavy atom. The fourth-order valence-corrected chi connectivity index (χ4v) is 1.38. The van der Waals surface area contributed by atoms with Crippen molar-refractivity contribution in [2.45, 2.75) is 33.1 Å². The minimum absolute atomic E-state index is 0.201. The predicted octanol–water partition coefficient (Wildman–Crippen LogP) is 1.28. The van der Waals surface area contributed by atoms with Crippen LogP contribution in [0.1, 0.15) is 33.1 Å². The van der Waals surface area contributed by atoms with E-state index in [0.717, 1.165) is 25.8 Å². The van der Waals surface area contributed by atoms with E-state index in [-0.39, 0.29) is 6.61 Å². The van der Waals surface area contributed by atoms with E-state index in [9.17, 15) is 0 Å². The van der Waals surface area contributed by atoms with Gasteiger partial charge in [0.2, 0.25) is 11.9 Å². The first-order valence-electron chi connectivity index (χ1n) is 6.77. The van der Waals surface area contributed by atoms with Gasteiger partial charge < -0.3 is 20.5 Å². The smallest absolute Gasteiger partial charge is 0.323 e. The first-order chi connectivity index (χ1) is 9.30. The molecular formula is C12H23N5O2. The Kier molecular flexibility index (Phi) is 7.57. The van der Waals surface area contributed by atoms with Crippen LogP contribution in [0.2, 0.25) is 0 Å². The van der Waals surface area contributed by atoms with E-state index in [4.69, 9.17) is 9.84 Å². The van der Waals surface area contributed by atoms with E-state index < -0.39 is 0 Å². The van der Waals surface area contributed by atoms with Gasteiger partial charge in [-0.1, -0.05) is 6.92 Å². The Morgan fingerprint density at radius 2 is 1.68 bits per heavy atom. The molecular weight excluding hydrogens is 246 g/mol. The van der Waals surface area contributed by atoms with E-state index >= 15 is 0 Å². The number of nitrogens with zero attached hydrogens (tertiary/aromatic N) is 3. The molecule has 19 heavy (non-hydrogen) atoms. The molecule has 0 saturated carbocycles. The molecule has 7 heteroatoms. The summed E-state index contributed by atoms with van der Waals surface area (Å²) in [4.78, 5) is 12.6. The summed E-state index contributed by atoms with van der Waals surface area (Å²) in [5.74, 6) is 1.01. The summed E-state index contributed by atoms with van der Waals surface area (Å²) in [5, 5.41) is 14.9. The quantitative estimate of drug-likeness (QED) is 0.551. The Hall–Kier alpha value is -1.63. The average molecular weight is 269 g/mol. The molecule has 0 fully saturated rings. The third-order valence-electron chi connectivity index (χ3n) is 2.29. The highest BCUT2D eigenvalue weighted by Gasteiger charge is 2.06. The van der Waals surface area contributed by atoms with Crippen molar-refractivity contribution in [3.63, 3.8) is 0 Å². The maximum Gasteiger partial charge on any atom is 0.323 e. The van der Waals surface area contributed by atoms with Crippen molar-refractivity contribution in [3.05, 3.63) is 0 Å². The highest BCUT2D eigenvalue weighted by Crippen LogP contribution is 2.11. The summed E-state index contributed by atoms with van der Waals surface area (Å²) in [6.07, 6.45) is 2.62. The van der Waals surface area contributed by atoms with Crippen molar-refractivity contribution in [2.24, 2.45) is 0 Å². The van der Waals surface area contributed by atoms with Gasteiger partial charge in [-0.25, -0.2) is 0 Å². The van der Waals surface area contributed by atoms with Crippen LogP contribution in [0.25, 0.3) is 0 Å². The first-order valence-corrected chi connectivity index (χ1v) is 6.77. The second kappa shape index (κ2) is 9.32. The Balaban J connectivity index is 2.63. The molecule has 3 N–H and O–H groups in total. The maximum absolute atomic E-state index is 8.72. The second-order valence-corrected chi connectivity index (χ2v) is 3.98. The van der Waals surface area contributed by atoms with Crippen LogP contribution in [0.4, 0.5) is 11.9 Å². The van der Waals surface area contributed by atoms with Crippen LogP contribution in [0, 0.1) is 0 Å². The van der Waals surface area contributed by atoms with Crippen LogP contribution in [-0.4, -0.2) is 46.4 Å². The van der Waals surface area contributed by atoms with Gasteiger partial charge in [0.1, 0.15) is 0 Å². The fraction of sp³-hybridized carbons (Fsp3) is 0.750. The summed E-state index contributed by atoms with van der Waals surface area (Å²) in [7, 11) is 0. The van der Waals surface area contributed by atoms with Crippen molar-refractivity contribution in [1.82, 2.24) is 15.0 Å². The minimum atomic E-state index is 0.201. The molecule has 0 aliphatic rings. The molecule has 0 saturated heterocycles. The number of anilines is 2. The zero-order valence-electron chi connectivity index (χ0n) is 11.6. The zero-order valence-corrected chi connectivity index (χ0v) is 11.6. The van der Waals surface area contributed by atoms with Gasteiger partial charge in [0.05, 0.1) is 6.61 Å². The lowest BCUT2D eigenvalue weighted by molar-refractivity contribution is 0.286. The molecule has 0 unspecified atom stereocenters. The monoisotopic (exact) mass is 269 g/mol. The minimum Gasteiger partial charge on any atom is -0.464 e. The van der Waals surface area contributed by atoms with E-state index in [1.807, 2.05) is 6.92 Å². The van der Waals surface area contributed by atoms with E-state index in [0.29, 0.717) is 31.1 Å². The molecule has 0 aromatic carbocycles. The van der Waals surface area contributed by atoms with Gasteiger partial charge in [-0.3, -0.25) is 0 Å². The normalized spacial score (nSPS) is 10.3. The number of hydrogen-bond acceptors (Lipinski definition) is 7. The molecule has 108 valence electrons. The first kappa shape index (κ1) is 15.4. The van der Waals surface area contributed by atoms with Gasteiger partial charge in [0.25, 0.3) is 0 Å². The lowest BCUT2D eigenvalue weighted by Gasteiger charge is -2.09. The molecule has 0 aliphatic carbocycles. The number of aliphatic hydroxyl groups is 1. The highest BCUT2D eigenvalue weighted by molar-refractivity contribution is 5.35. The maximum atomic E-state index is 8.72. The van der Waals surface area contributed by atoms with E-state index in [1.165, 1.54) is 0 Å². The number of ether oxygens (including phenoxy) is 1. The van der Waals surface area contributed by atoms with Crippen LogP contribution < -0.4 is 15.4 Å². The SMILES string of the molecule is CCCNc1nc(NCCCCO)nc(OCC)n1. The van der Waals surface area contributed by atoms with Gasteiger partial charge in [0, 0.05) is 19.7 Å². The van der Waals surface area contributed by atoms with Crippen LogP contribution in [-0.2, 0) is 0 Å². The van der Waals surface area contributed by atoms with Gasteiger partial charge >= 0.3 is 6.01 Å². The van der Waals surface area contributed by atoms with Crippen LogP contribution >= 0.6 is 0 Å². The fourth-order valence-electron chi connectivity index (χ4n) is 1.38. The number of rotatable bonds is 10. The second-order valence-electron chi connectivity index (χ2n) is 3.98. The summed E-state index contributed by atoms with van der Waals surface area (Å²) in [6, 6.07) is 0.320. The van der Waals surface area contributed by atoms with Gasteiger partial charge in [-0.05, 0) is 26.2 Å². The number of hydrogen-bond donors (Lipinski definition) is 3. The zero-order chi connectivity index (χ0) is 13.9. The van der Waals surface area contributed by atoms with Gasteiger partial charge in [-0.15, -0.1) is 0 Å². The van der Waals surface area contributed by atoms with Crippen molar-refractivity contribution in [2.75, 3.05) is 36.9 Å². The van der Waals surface area contributed by atoms with Crippen LogP contribution in [0.15, 0.2) is 0 Å². The molecule has 0 atom stereocenters. The van der Waals surface area contributed by atoms with Gasteiger partial charge in [-0.2, -0.15) is 15.0 Å². The summed E-state index contributed by atoms with van der Waals surface area (Å²) in [5.41, 5.74) is 0. The summed E-state index contributed by atoms with van der Waals surface area (Å²) < 4.78 is 5.31. The molecule has 1 aromatic heterocycles. The topological polar surface area (TPSA) is 92.2 Å². The number of unbranched alkanes of at least 4 members (excludes halogenated alkanes) is 1. The molecule has 7 nitrogen and oxygen atoms in total. The van der Waals surface area contributed by atoms with Gasteiger partial charge in [0.15, 0.2) is 0 Å². The Morgan fingerprint density at radius 3 is 2.26 bits per heavy atom. The van der Waals surface area contributed by atoms with Crippen molar-refractivity contribution >= 4 is 11.9 Å². The van der Waals surface area contributed by atoms with E-state index in [2.05, 4.69) is 32.5 Å².